The van der Waals surface area contributed by atoms with E-state index in [-0.39, 0.29) is 103 Å². The highest BCUT2D eigenvalue weighted by Crippen LogP contribution is 2.57. The van der Waals surface area contributed by atoms with Crippen molar-refractivity contribution in [3.8, 4) is 57.5 Å². The van der Waals surface area contributed by atoms with Gasteiger partial charge in [-0.25, -0.2) is 4.79 Å². The van der Waals surface area contributed by atoms with Crippen LogP contribution in [0.1, 0.15) is 96.1 Å². The fraction of sp³-hybridized carbons (Fsp3) is 0.412. The number of nitrogens with two attached hydrogens (primary N) is 1. The number of amides is 1. The zero-order valence-electron chi connectivity index (χ0n) is 53.6. The average molecular weight is 1290 g/mol. The van der Waals surface area contributed by atoms with E-state index in [1.165, 1.54) is 34.0 Å². The molecule has 5 heterocycles. The average Bonchev–Trinajstić information content (AvgIpc) is 1.73. The highest BCUT2D eigenvalue weighted by Gasteiger charge is 2.54. The Hall–Kier alpha value is -8.57. The molecule has 7 N–H and O–H groups in total. The second-order valence-corrected chi connectivity index (χ2v) is 23.6. The molecule has 92 heavy (non-hydrogen) atoms. The summed E-state index contributed by atoms with van der Waals surface area (Å²) in [6, 6.07) is 28.2. The van der Waals surface area contributed by atoms with Gasteiger partial charge in [0.05, 0.1) is 66.4 Å². The molecule has 3 fully saturated rings. The Morgan fingerprint density at radius 3 is 1.58 bits per heavy atom. The van der Waals surface area contributed by atoms with Crippen molar-refractivity contribution in [2.75, 3.05) is 115 Å². The molecule has 1 amide bonds. The molecule has 2 aliphatic carbocycles. The minimum absolute atomic E-state index is 0.0756. The largest absolute Gasteiger partial charge is 0.502 e. The number of methoxy groups -OCH3 is 4. The summed E-state index contributed by atoms with van der Waals surface area (Å²) in [7, 11) is 11.7. The number of rotatable bonds is 17. The number of hydrogen-bond acceptors (Lipinski definition) is 21. The van der Waals surface area contributed by atoms with Crippen molar-refractivity contribution >= 4 is 33.7 Å². The van der Waals surface area contributed by atoms with Gasteiger partial charge in [0.15, 0.2) is 46.0 Å². The Morgan fingerprint density at radius 2 is 1.09 bits per heavy atom. The topological polar surface area (TPSA) is 281 Å². The number of ether oxygens (including phenoxy) is 10. The zero-order chi connectivity index (χ0) is 66.2. The summed E-state index contributed by atoms with van der Waals surface area (Å²) in [5.41, 5.74) is 14.5. The molecule has 7 aliphatic rings. The first-order valence-electron chi connectivity index (χ1n) is 31.0. The van der Waals surface area contributed by atoms with Gasteiger partial charge in [0, 0.05) is 87.6 Å². The van der Waals surface area contributed by atoms with E-state index in [9.17, 15) is 29.4 Å². The lowest BCUT2D eigenvalue weighted by molar-refractivity contribution is -0.142. The number of aromatic carboxylic acids is 1. The maximum atomic E-state index is 13.7. The second-order valence-electron chi connectivity index (χ2n) is 23.6. The van der Waals surface area contributed by atoms with Crippen LogP contribution in [0.2, 0.25) is 0 Å². The van der Waals surface area contributed by atoms with Crippen molar-refractivity contribution in [3.63, 3.8) is 0 Å². The van der Waals surface area contributed by atoms with Gasteiger partial charge in [-0.2, -0.15) is 9.84 Å². The Labute approximate surface area is 538 Å². The molecule has 490 valence electrons. The van der Waals surface area contributed by atoms with Gasteiger partial charge >= 0.3 is 17.9 Å². The molecule has 13 rings (SSSR count). The lowest BCUT2D eigenvalue weighted by Gasteiger charge is -2.39. The van der Waals surface area contributed by atoms with Crippen molar-refractivity contribution in [3.05, 3.63) is 153 Å². The number of nitrogens with one attached hydrogen (secondary N) is 2. The third-order valence-electron chi connectivity index (χ3n) is 18.4. The highest BCUT2D eigenvalue weighted by molar-refractivity contribution is 6.92. The summed E-state index contributed by atoms with van der Waals surface area (Å²) in [6.07, 6.45) is 0. The number of carboxylic acids is 1. The van der Waals surface area contributed by atoms with E-state index >= 15 is 0 Å². The SMILES string of the molecule is CCN(C)CCNCc1ccc(C(=O)N[C@@H]2c3cc4c(cc3[C@@H](c3cc(OC)c(O)c(OC)c3)[C@H]3C(=O)OC[C@@H]32)OCO4)cc1.CN1CCN(Cc2ccc(C(=O)O)cc2)CC1.COc1cc([C@@H]2c3cc4c(cc3[C@@H](N)[C@H]3COC(=O)[C@H]23)OCO4)cc(OC)c1O.[2H]P. The number of benzene rings is 6. The van der Waals surface area contributed by atoms with Gasteiger partial charge in [0.2, 0.25) is 25.1 Å². The molecule has 0 spiro atoms. The maximum absolute atomic E-state index is 13.7. The molecule has 24 heteroatoms. The van der Waals surface area contributed by atoms with Crippen LogP contribution in [-0.2, 0) is 32.2 Å². The number of hydrogen-bond donors (Lipinski definition) is 6. The summed E-state index contributed by atoms with van der Waals surface area (Å²) in [4.78, 5) is 57.5. The van der Waals surface area contributed by atoms with Gasteiger partial charge in [0.25, 0.3) is 5.91 Å². The highest BCUT2D eigenvalue weighted by atomic mass is 31.0. The normalized spacial score (nSPS) is 22.2. The molecule has 1 unspecified atom stereocenters. The first kappa shape index (κ1) is 64.9. The van der Waals surface area contributed by atoms with E-state index in [1.54, 1.807) is 46.2 Å². The van der Waals surface area contributed by atoms with Crippen LogP contribution in [0.4, 0.5) is 0 Å². The quantitative estimate of drug-likeness (QED) is 0.0309. The molecule has 5 aliphatic heterocycles. The number of nitrogens with zero attached hydrogens (tertiary/aromatic N) is 3. The van der Waals surface area contributed by atoms with Gasteiger partial charge in [-0.15, -0.1) is 0 Å². The molecule has 0 bridgehead atoms. The van der Waals surface area contributed by atoms with Crippen LogP contribution < -0.4 is 54.3 Å². The molecular formula is C68H81N6O17P. The molecule has 0 aromatic heterocycles. The van der Waals surface area contributed by atoms with Crippen molar-refractivity contribution in [1.29, 1.82) is 1.28 Å². The third-order valence-corrected chi connectivity index (χ3v) is 18.4. The van der Waals surface area contributed by atoms with Gasteiger partial charge in [-0.05, 0) is 138 Å². The summed E-state index contributed by atoms with van der Waals surface area (Å²) in [5.74, 6) is -1.12. The number of piperazine rings is 1. The number of likely N-dealkylation sites (N-methyl/N-ethyl adjacent to an activating group) is 2. The van der Waals surface area contributed by atoms with E-state index in [2.05, 4.69) is 46.4 Å². The van der Waals surface area contributed by atoms with Crippen LogP contribution in [0.5, 0.6) is 57.5 Å². The number of carbonyl (C=O) groups excluding carboxylic acids is 3. The smallest absolute Gasteiger partial charge is 0.335 e. The van der Waals surface area contributed by atoms with E-state index in [0.29, 0.717) is 46.2 Å². The minimum Gasteiger partial charge on any atom is -0.502 e. The molecule has 6 aromatic carbocycles. The first-order chi connectivity index (χ1) is 45.0. The molecule has 0 saturated carbocycles. The van der Waals surface area contributed by atoms with Crippen molar-refractivity contribution < 1.29 is 81.9 Å². The standard InChI is InChI=1S/C34H39N3O8.C21H21NO7.C13H18N2O2.H3P/c1-5-37(2)11-10-35-16-19-6-8-20(9-7-19)33(39)36-31-23-15-26-25(44-18-45-26)14-22(23)29(30-24(31)17-43-34(30)40)21-12-27(41-3)32(38)28(13-21)42-4;1-25-15-3-9(4-16(26-2)20(15)23)17-10-5-13-14(29-8-28-13)6-11(10)19(22)12-7-27-21(24)18(12)17;1-14-6-8-15(9-7-14)10-11-2-4-12(5-3-11)13(16)17;/h6-9,12-15,24,29-31,35,38H,5,10-11,16-18H2,1-4H3,(H,36,39);3-6,12,17-19,23H,7-8,22H2,1-2H3;2-5H,6-10H2,1H3,(H,16,17);1H3/t24-,29+,30-,31+;12-,17+,18-,19+;;/m00../s1/i;;;1D. The Kier molecular flexibility index (Phi) is 20.4. The van der Waals surface area contributed by atoms with Gasteiger partial charge in [0.1, 0.15) is 0 Å². The van der Waals surface area contributed by atoms with Gasteiger partial charge in [-0.1, -0.05) is 31.2 Å². The second kappa shape index (κ2) is 28.9. The number of phenolic OH excluding ortho intramolecular Hbond substituents is 2. The first-order valence-corrected chi connectivity index (χ1v) is 30.4. The van der Waals surface area contributed by atoms with Crippen LogP contribution >= 0.6 is 9.84 Å². The Bertz CT molecular complexity index is 3620. The third kappa shape index (κ3) is 13.7. The summed E-state index contributed by atoms with van der Waals surface area (Å²) < 4.78 is 60.8. The lowest BCUT2D eigenvalue weighted by Crippen LogP contribution is -2.43. The molecular weight excluding hydrogens is 1200 g/mol. The van der Waals surface area contributed by atoms with Crippen LogP contribution in [0.3, 0.4) is 0 Å². The van der Waals surface area contributed by atoms with E-state index in [4.69, 9.17) is 59.5 Å². The number of cyclic esters (lactones) is 2. The monoisotopic (exact) mass is 1290 g/mol. The molecule has 6 aromatic rings. The van der Waals surface area contributed by atoms with Crippen molar-refractivity contribution in [1.82, 2.24) is 25.3 Å². The fourth-order valence-corrected chi connectivity index (χ4v) is 13.2. The van der Waals surface area contributed by atoms with E-state index in [0.717, 1.165) is 85.7 Å². The van der Waals surface area contributed by atoms with Crippen molar-refractivity contribution in [2.24, 2.45) is 29.4 Å². The number of carboxylic acid groups (broad SMARTS) is 1. The molecule has 0 radical (unpaired) electrons. The summed E-state index contributed by atoms with van der Waals surface area (Å²) in [5, 5.41) is 36.4. The maximum Gasteiger partial charge on any atom is 0.335 e. The zero-order valence-corrected chi connectivity index (χ0v) is 53.8. The van der Waals surface area contributed by atoms with E-state index in [1.807, 2.05) is 60.7 Å². The van der Waals surface area contributed by atoms with Crippen LogP contribution in [0.25, 0.3) is 0 Å². The predicted molar refractivity (Wildman–Crippen MR) is 343 cm³/mol. The summed E-state index contributed by atoms with van der Waals surface area (Å²) in [6.45, 7) is 11.6. The number of carbonyl (C=O) groups is 4. The number of fused-ring (bicyclic) bond motifs is 6. The van der Waals surface area contributed by atoms with E-state index < -0.39 is 29.8 Å². The number of phenols is 2. The van der Waals surface area contributed by atoms with Gasteiger partial charge in [-0.3, -0.25) is 19.3 Å². The van der Waals surface area contributed by atoms with Crippen LogP contribution in [-0.4, -0.2) is 170 Å². The summed E-state index contributed by atoms with van der Waals surface area (Å²) >= 11 is 0. The Morgan fingerprint density at radius 1 is 0.641 bits per heavy atom. The Balaban J connectivity index is 0.000000167. The van der Waals surface area contributed by atoms with Gasteiger partial charge < -0.3 is 88.9 Å². The number of aromatic hydroxyl groups is 2. The fourth-order valence-electron chi connectivity index (χ4n) is 13.2. The van der Waals surface area contributed by atoms with Crippen LogP contribution in [0, 0.1) is 23.7 Å². The lowest BCUT2D eigenvalue weighted by atomic mass is 9.65. The van der Waals surface area contributed by atoms with Crippen LogP contribution in [0.15, 0.2) is 97.1 Å². The number of esters is 2. The molecule has 23 nitrogen and oxygen atoms in total. The minimum atomic E-state index is -0.865. The predicted octanol–water partition coefficient (Wildman–Crippen LogP) is 6.85. The molecule has 3 saturated heterocycles. The molecule has 9 atom stereocenters. The van der Waals surface area contributed by atoms with Crippen molar-refractivity contribution in [2.45, 2.75) is 43.9 Å².